The maximum absolute atomic E-state index is 13.8. The zero-order valence-electron chi connectivity index (χ0n) is 18.2. The number of fused-ring (bicyclic) bond motifs is 4. The Bertz CT molecular complexity index is 1520. The molecule has 0 bridgehead atoms. The minimum absolute atomic E-state index is 0.0428. The third kappa shape index (κ3) is 2.77. The van der Waals surface area contributed by atoms with Gasteiger partial charge in [-0.3, -0.25) is 4.79 Å². The van der Waals surface area contributed by atoms with E-state index in [2.05, 4.69) is 27.3 Å². The number of nitrogens with one attached hydrogen (secondary N) is 1. The summed E-state index contributed by atoms with van der Waals surface area (Å²) in [6, 6.07) is 12.0. The summed E-state index contributed by atoms with van der Waals surface area (Å²) in [4.78, 5) is 23.8. The number of carbonyl (C=O) groups is 1. The highest BCUT2D eigenvalue weighted by Gasteiger charge is 2.28. The van der Waals surface area contributed by atoms with E-state index >= 15 is 0 Å². The Hall–Kier alpha value is -3.87. The zero-order valence-corrected chi connectivity index (χ0v) is 18.2. The lowest BCUT2D eigenvalue weighted by molar-refractivity contribution is 0.0737. The Morgan fingerprint density at radius 1 is 1.16 bits per heavy atom. The molecule has 160 valence electrons. The second-order valence-electron chi connectivity index (χ2n) is 8.43. The van der Waals surface area contributed by atoms with Gasteiger partial charge in [-0.25, -0.2) is 4.98 Å². The number of aromatic nitrogens is 3. The van der Waals surface area contributed by atoms with Crippen molar-refractivity contribution >= 4 is 27.9 Å². The molecule has 5 heterocycles. The van der Waals surface area contributed by atoms with Crippen molar-refractivity contribution in [2.45, 2.75) is 33.7 Å². The normalized spacial score (nSPS) is 13.8. The molecule has 1 N–H and O–H groups in total. The summed E-state index contributed by atoms with van der Waals surface area (Å²) in [5.74, 6) is 1.51. The summed E-state index contributed by atoms with van der Waals surface area (Å²) in [6.07, 6.45) is 0.791. The number of rotatable bonds is 2. The molecule has 1 aliphatic heterocycles. The average molecular weight is 426 g/mol. The Morgan fingerprint density at radius 2 is 2.00 bits per heavy atom. The molecule has 0 spiro atoms. The monoisotopic (exact) mass is 426 g/mol. The highest BCUT2D eigenvalue weighted by Crippen LogP contribution is 2.33. The average Bonchev–Trinajstić information content (AvgIpc) is 3.46. The molecule has 1 amide bonds. The maximum Gasteiger partial charge on any atom is 0.259 e. The number of hydrogen-bond donors (Lipinski definition) is 1. The second kappa shape index (κ2) is 6.82. The van der Waals surface area contributed by atoms with Crippen molar-refractivity contribution in [1.82, 2.24) is 20.0 Å². The number of amides is 1. The van der Waals surface area contributed by atoms with Crippen molar-refractivity contribution in [2.75, 3.05) is 6.54 Å². The van der Waals surface area contributed by atoms with Crippen LogP contribution in [0.3, 0.4) is 0 Å². The highest BCUT2D eigenvalue weighted by atomic mass is 16.5. The van der Waals surface area contributed by atoms with Crippen LogP contribution in [0.2, 0.25) is 0 Å². The number of hydrogen-bond acceptors (Lipinski definition) is 5. The molecule has 0 unspecified atom stereocenters. The van der Waals surface area contributed by atoms with E-state index in [-0.39, 0.29) is 5.91 Å². The van der Waals surface area contributed by atoms with Gasteiger partial charge in [0.1, 0.15) is 11.5 Å². The van der Waals surface area contributed by atoms with Crippen LogP contribution < -0.4 is 0 Å². The molecule has 32 heavy (non-hydrogen) atoms. The first-order chi connectivity index (χ1) is 15.5. The molecule has 6 rings (SSSR count). The predicted octanol–water partition coefficient (Wildman–Crippen LogP) is 5.09. The van der Waals surface area contributed by atoms with Crippen molar-refractivity contribution in [3.63, 3.8) is 0 Å². The van der Waals surface area contributed by atoms with Crippen molar-refractivity contribution in [3.05, 3.63) is 70.4 Å². The van der Waals surface area contributed by atoms with E-state index < -0.39 is 0 Å². The van der Waals surface area contributed by atoms with Crippen molar-refractivity contribution in [1.29, 1.82) is 0 Å². The Morgan fingerprint density at radius 3 is 2.81 bits per heavy atom. The third-order valence-electron chi connectivity index (χ3n) is 6.33. The van der Waals surface area contributed by atoms with Crippen LogP contribution >= 0.6 is 0 Å². The predicted molar refractivity (Wildman–Crippen MR) is 120 cm³/mol. The fourth-order valence-electron chi connectivity index (χ4n) is 4.80. The van der Waals surface area contributed by atoms with Crippen LogP contribution in [-0.4, -0.2) is 32.5 Å². The topological polar surface area (TPSA) is 88.2 Å². The van der Waals surface area contributed by atoms with Crippen LogP contribution in [-0.2, 0) is 13.0 Å². The first kappa shape index (κ1) is 18.9. The molecule has 0 saturated heterocycles. The van der Waals surface area contributed by atoms with Crippen LogP contribution in [0.25, 0.3) is 33.3 Å². The highest BCUT2D eigenvalue weighted by molar-refractivity contribution is 6.07. The first-order valence-corrected chi connectivity index (χ1v) is 10.7. The summed E-state index contributed by atoms with van der Waals surface area (Å²) < 4.78 is 11.2. The number of para-hydroxylation sites is 1. The van der Waals surface area contributed by atoms with Crippen molar-refractivity contribution < 1.29 is 13.7 Å². The smallest absolute Gasteiger partial charge is 0.259 e. The van der Waals surface area contributed by atoms with Crippen LogP contribution in [0, 0.1) is 20.8 Å². The van der Waals surface area contributed by atoms with Crippen LogP contribution in [0.5, 0.6) is 0 Å². The molecule has 1 aromatic carbocycles. The van der Waals surface area contributed by atoms with Gasteiger partial charge in [0.15, 0.2) is 0 Å². The Kier molecular flexibility index (Phi) is 4.02. The standard InChI is InChI=1S/C25H22N4O3/c1-13-10-17(15(3)31-13)22-11-18(23-14(2)28-32-24(23)27-22)25(30)29-9-8-21-19(12-29)16-6-4-5-7-20(16)26-21/h4-7,10-11,26H,8-9,12H2,1-3H3. The van der Waals surface area contributed by atoms with E-state index in [9.17, 15) is 4.79 Å². The van der Waals surface area contributed by atoms with Gasteiger partial charge in [-0.1, -0.05) is 23.4 Å². The second-order valence-corrected chi connectivity index (χ2v) is 8.43. The summed E-state index contributed by atoms with van der Waals surface area (Å²) in [7, 11) is 0. The molecule has 4 aromatic heterocycles. The molecule has 5 aromatic rings. The Balaban J connectivity index is 1.45. The lowest BCUT2D eigenvalue weighted by Gasteiger charge is -2.27. The lowest BCUT2D eigenvalue weighted by atomic mass is 10.0. The van der Waals surface area contributed by atoms with Gasteiger partial charge in [-0.05, 0) is 39.0 Å². The fourth-order valence-corrected chi connectivity index (χ4v) is 4.80. The number of pyridine rings is 1. The van der Waals surface area contributed by atoms with Crippen LogP contribution in [0.1, 0.15) is 38.8 Å². The molecule has 0 radical (unpaired) electrons. The number of benzene rings is 1. The number of furan rings is 1. The lowest BCUT2D eigenvalue weighted by Crippen LogP contribution is -2.36. The largest absolute Gasteiger partial charge is 0.466 e. The summed E-state index contributed by atoms with van der Waals surface area (Å²) in [6.45, 7) is 6.83. The summed E-state index contributed by atoms with van der Waals surface area (Å²) >= 11 is 0. The molecule has 0 saturated carbocycles. The van der Waals surface area contributed by atoms with Gasteiger partial charge >= 0.3 is 0 Å². The zero-order chi connectivity index (χ0) is 22.0. The summed E-state index contributed by atoms with van der Waals surface area (Å²) in [5.41, 5.74) is 6.60. The number of H-pyrrole nitrogens is 1. The van der Waals surface area contributed by atoms with Gasteiger partial charge < -0.3 is 18.8 Å². The molecular weight excluding hydrogens is 404 g/mol. The van der Waals surface area contributed by atoms with E-state index in [1.807, 2.05) is 49.9 Å². The van der Waals surface area contributed by atoms with E-state index in [4.69, 9.17) is 8.94 Å². The van der Waals surface area contributed by atoms with Gasteiger partial charge in [-0.15, -0.1) is 0 Å². The third-order valence-corrected chi connectivity index (χ3v) is 6.33. The molecule has 0 fully saturated rings. The molecule has 7 nitrogen and oxygen atoms in total. The SMILES string of the molecule is Cc1cc(-c2cc(C(=O)N3CCc4[nH]c5ccccc5c4C3)c3c(C)noc3n2)c(C)o1. The van der Waals surface area contributed by atoms with Crippen molar-refractivity contribution in [3.8, 4) is 11.3 Å². The number of aromatic amines is 1. The number of carbonyl (C=O) groups excluding carboxylic acids is 1. The van der Waals surface area contributed by atoms with Gasteiger partial charge in [0.25, 0.3) is 11.6 Å². The van der Waals surface area contributed by atoms with Crippen LogP contribution in [0.15, 0.2) is 45.3 Å². The summed E-state index contributed by atoms with van der Waals surface area (Å²) in [5, 5.41) is 5.92. The fraction of sp³-hybridized carbons (Fsp3) is 0.240. The molecule has 1 aliphatic rings. The maximum atomic E-state index is 13.8. The minimum Gasteiger partial charge on any atom is -0.466 e. The first-order valence-electron chi connectivity index (χ1n) is 10.7. The Labute approximate surface area is 184 Å². The van der Waals surface area contributed by atoms with Gasteiger partial charge in [0, 0.05) is 47.2 Å². The molecular formula is C25H22N4O3. The molecule has 7 heteroatoms. The molecule has 0 atom stereocenters. The van der Waals surface area contributed by atoms with E-state index in [1.165, 1.54) is 16.6 Å². The number of nitrogens with zero attached hydrogens (tertiary/aromatic N) is 3. The van der Waals surface area contributed by atoms with Gasteiger partial charge in [0.05, 0.1) is 22.3 Å². The number of aryl methyl sites for hydroxylation is 3. The molecule has 0 aliphatic carbocycles. The minimum atomic E-state index is -0.0428. The van der Waals surface area contributed by atoms with E-state index in [0.717, 1.165) is 29.0 Å². The van der Waals surface area contributed by atoms with Crippen LogP contribution in [0.4, 0.5) is 0 Å². The van der Waals surface area contributed by atoms with E-state index in [1.54, 1.807) is 0 Å². The van der Waals surface area contributed by atoms with Gasteiger partial charge in [-0.2, -0.15) is 0 Å². The van der Waals surface area contributed by atoms with E-state index in [0.29, 0.717) is 41.1 Å². The van der Waals surface area contributed by atoms with Crippen molar-refractivity contribution in [2.24, 2.45) is 0 Å². The van der Waals surface area contributed by atoms with Gasteiger partial charge in [0.2, 0.25) is 0 Å². The quantitative estimate of drug-likeness (QED) is 0.425.